The van der Waals surface area contributed by atoms with Crippen molar-refractivity contribution in [3.63, 3.8) is 0 Å². The van der Waals surface area contributed by atoms with Crippen molar-refractivity contribution in [2.24, 2.45) is 0 Å². The molecule has 0 amide bonds. The van der Waals surface area contributed by atoms with Crippen LogP contribution in [0, 0.1) is 5.82 Å². The van der Waals surface area contributed by atoms with E-state index in [1.807, 2.05) is 0 Å². The van der Waals surface area contributed by atoms with Gasteiger partial charge in [-0.05, 0) is 59.7 Å². The molecule has 0 spiro atoms. The van der Waals surface area contributed by atoms with Gasteiger partial charge in [-0.3, -0.25) is 9.36 Å². The molecule has 0 saturated carbocycles. The van der Waals surface area contributed by atoms with Crippen LogP contribution in [0.2, 0.25) is 0 Å². The summed E-state index contributed by atoms with van der Waals surface area (Å²) >= 11 is 0. The second-order valence-corrected chi connectivity index (χ2v) is 9.14. The van der Waals surface area contributed by atoms with E-state index >= 15 is 0 Å². The van der Waals surface area contributed by atoms with Crippen molar-refractivity contribution in [3.8, 4) is 33.8 Å². The van der Waals surface area contributed by atoms with Crippen molar-refractivity contribution >= 4 is 16.1 Å². The number of aromatic nitrogens is 1. The van der Waals surface area contributed by atoms with Crippen molar-refractivity contribution in [2.75, 3.05) is 6.26 Å². The maximum absolute atomic E-state index is 13.5. The second-order valence-electron chi connectivity index (χ2n) is 7.12. The fourth-order valence-corrected chi connectivity index (χ4v) is 4.04. The lowest BCUT2D eigenvalue weighted by molar-refractivity contribution is 0.112. The third-order valence-electron chi connectivity index (χ3n) is 5.01. The number of rotatable bonds is 5. The highest BCUT2D eigenvalue weighted by Crippen LogP contribution is 2.42. The van der Waals surface area contributed by atoms with Crippen LogP contribution in [0.15, 0.2) is 83.9 Å². The quantitative estimate of drug-likeness (QED) is 0.454. The Balaban J connectivity index is 1.92. The fourth-order valence-electron chi connectivity index (χ4n) is 3.41. The van der Waals surface area contributed by atoms with Crippen LogP contribution in [0.1, 0.15) is 10.4 Å². The van der Waals surface area contributed by atoms with Gasteiger partial charge in [0.15, 0.2) is 9.84 Å². The molecule has 4 rings (SSSR count). The van der Waals surface area contributed by atoms with Gasteiger partial charge in [0.1, 0.15) is 12.1 Å². The van der Waals surface area contributed by atoms with Gasteiger partial charge < -0.3 is 5.11 Å². The summed E-state index contributed by atoms with van der Waals surface area (Å²) in [5.74, 6) is -0.459. The van der Waals surface area contributed by atoms with E-state index in [0.29, 0.717) is 33.5 Å². The van der Waals surface area contributed by atoms with E-state index in [1.54, 1.807) is 59.3 Å². The molecule has 1 aromatic heterocycles. The molecular weight excluding hydrogens is 417 g/mol. The molecule has 0 aliphatic heterocycles. The van der Waals surface area contributed by atoms with Crippen molar-refractivity contribution in [2.45, 2.75) is 4.90 Å². The Morgan fingerprint density at radius 2 is 1.45 bits per heavy atom. The van der Waals surface area contributed by atoms with E-state index in [4.69, 9.17) is 0 Å². The standard InChI is InChI=1S/C24H18FNO4S/c1-31(29,30)21-12-6-17(7-13-21)22-14-26(20-10-2-16(15-27)3-11-20)24(28)23(22)18-4-8-19(25)9-5-18/h2-15,28H,1H3. The van der Waals surface area contributed by atoms with E-state index < -0.39 is 15.7 Å². The third kappa shape index (κ3) is 4.00. The van der Waals surface area contributed by atoms with Gasteiger partial charge in [-0.15, -0.1) is 0 Å². The molecule has 0 radical (unpaired) electrons. The summed E-state index contributed by atoms with van der Waals surface area (Å²) in [7, 11) is -3.35. The molecule has 0 aliphatic rings. The Kier molecular flexibility index (Phi) is 5.20. The molecule has 0 unspecified atom stereocenters. The molecule has 3 aromatic carbocycles. The summed E-state index contributed by atoms with van der Waals surface area (Å²) in [5, 5.41) is 11.1. The minimum absolute atomic E-state index is 0.0624. The molecule has 0 bridgehead atoms. The first-order chi connectivity index (χ1) is 14.8. The topological polar surface area (TPSA) is 76.4 Å². The molecule has 1 N–H and O–H groups in total. The molecule has 5 nitrogen and oxygen atoms in total. The number of carbonyl (C=O) groups excluding carboxylic acids is 1. The molecule has 0 atom stereocenters. The first-order valence-electron chi connectivity index (χ1n) is 9.34. The van der Waals surface area contributed by atoms with E-state index in [1.165, 1.54) is 24.3 Å². The monoisotopic (exact) mass is 435 g/mol. The van der Waals surface area contributed by atoms with E-state index in [2.05, 4.69) is 0 Å². The molecule has 7 heteroatoms. The normalized spacial score (nSPS) is 11.4. The summed E-state index contributed by atoms with van der Waals surface area (Å²) in [6.07, 6.45) is 3.59. The maximum Gasteiger partial charge on any atom is 0.204 e. The Morgan fingerprint density at radius 3 is 2.00 bits per heavy atom. The lowest BCUT2D eigenvalue weighted by atomic mass is 9.99. The van der Waals surface area contributed by atoms with Gasteiger partial charge in [0.2, 0.25) is 5.88 Å². The zero-order valence-electron chi connectivity index (χ0n) is 16.5. The van der Waals surface area contributed by atoms with Crippen LogP contribution in [0.4, 0.5) is 4.39 Å². The second kappa shape index (κ2) is 7.85. The Hall–Kier alpha value is -3.71. The fraction of sp³-hybridized carbons (Fsp3) is 0.0417. The minimum Gasteiger partial charge on any atom is -0.494 e. The number of benzene rings is 3. The molecule has 0 aliphatic carbocycles. The number of aromatic hydroxyl groups is 1. The molecule has 156 valence electrons. The van der Waals surface area contributed by atoms with Gasteiger partial charge in [-0.2, -0.15) is 0 Å². The van der Waals surface area contributed by atoms with E-state index in [9.17, 15) is 22.7 Å². The van der Waals surface area contributed by atoms with Crippen molar-refractivity contribution in [3.05, 3.63) is 90.4 Å². The molecule has 0 fully saturated rings. The highest BCUT2D eigenvalue weighted by atomic mass is 32.2. The van der Waals surface area contributed by atoms with Gasteiger partial charge in [0.05, 0.1) is 10.5 Å². The largest absolute Gasteiger partial charge is 0.494 e. The van der Waals surface area contributed by atoms with Gasteiger partial charge >= 0.3 is 0 Å². The molecule has 4 aromatic rings. The number of halogens is 1. The number of sulfone groups is 1. The highest BCUT2D eigenvalue weighted by molar-refractivity contribution is 7.90. The number of hydrogen-bond donors (Lipinski definition) is 1. The predicted octanol–water partition coefficient (Wildman–Crippen LogP) is 4.87. The molecule has 31 heavy (non-hydrogen) atoms. The van der Waals surface area contributed by atoms with Crippen LogP contribution in [0.5, 0.6) is 5.88 Å². The Labute approximate surface area is 178 Å². The van der Waals surface area contributed by atoms with Crippen LogP contribution < -0.4 is 0 Å². The number of hydrogen-bond acceptors (Lipinski definition) is 4. The van der Waals surface area contributed by atoms with E-state index in [0.717, 1.165) is 12.5 Å². The average molecular weight is 435 g/mol. The van der Waals surface area contributed by atoms with Crippen molar-refractivity contribution in [1.82, 2.24) is 4.57 Å². The zero-order chi connectivity index (χ0) is 22.2. The van der Waals surface area contributed by atoms with E-state index in [-0.39, 0.29) is 10.8 Å². The lowest BCUT2D eigenvalue weighted by Crippen LogP contribution is -1.96. The summed E-state index contributed by atoms with van der Waals surface area (Å²) in [4.78, 5) is 11.1. The first kappa shape index (κ1) is 20.6. The van der Waals surface area contributed by atoms with Crippen molar-refractivity contribution < 1.29 is 22.7 Å². The smallest absolute Gasteiger partial charge is 0.204 e. The lowest BCUT2D eigenvalue weighted by Gasteiger charge is -2.07. The van der Waals surface area contributed by atoms with Gasteiger partial charge in [-0.1, -0.05) is 24.3 Å². The Bertz CT molecular complexity index is 1360. The SMILES string of the molecule is CS(=O)(=O)c1ccc(-c2cn(-c3ccc(C=O)cc3)c(O)c2-c2ccc(F)cc2)cc1. The molecule has 1 heterocycles. The van der Waals surface area contributed by atoms with Gasteiger partial charge in [-0.25, -0.2) is 12.8 Å². The van der Waals surface area contributed by atoms with Crippen LogP contribution in [0.3, 0.4) is 0 Å². The molecular formula is C24H18FNO4S. The summed E-state index contributed by atoms with van der Waals surface area (Å²) in [5.41, 5.74) is 3.54. The summed E-state index contributed by atoms with van der Waals surface area (Å²) < 4.78 is 38.6. The molecule has 0 saturated heterocycles. The zero-order valence-corrected chi connectivity index (χ0v) is 17.3. The van der Waals surface area contributed by atoms with Crippen molar-refractivity contribution in [1.29, 1.82) is 0 Å². The summed E-state index contributed by atoms with van der Waals surface area (Å²) in [6.45, 7) is 0. The summed E-state index contributed by atoms with van der Waals surface area (Å²) in [6, 6.07) is 18.8. The average Bonchev–Trinajstić information content (AvgIpc) is 3.11. The first-order valence-corrected chi connectivity index (χ1v) is 11.2. The predicted molar refractivity (Wildman–Crippen MR) is 117 cm³/mol. The number of nitrogens with zero attached hydrogens (tertiary/aromatic N) is 1. The van der Waals surface area contributed by atoms with Gasteiger partial charge in [0, 0.05) is 29.3 Å². The Morgan fingerprint density at radius 1 is 0.871 bits per heavy atom. The number of carbonyl (C=O) groups is 1. The number of aldehydes is 1. The van der Waals surface area contributed by atoms with Crippen LogP contribution in [-0.2, 0) is 9.84 Å². The highest BCUT2D eigenvalue weighted by Gasteiger charge is 2.20. The minimum atomic E-state index is -3.35. The van der Waals surface area contributed by atoms with Crippen LogP contribution >= 0.6 is 0 Å². The van der Waals surface area contributed by atoms with Crippen LogP contribution in [0.25, 0.3) is 27.9 Å². The maximum atomic E-state index is 13.5. The van der Waals surface area contributed by atoms with Crippen LogP contribution in [-0.4, -0.2) is 30.6 Å². The van der Waals surface area contributed by atoms with Gasteiger partial charge in [0.25, 0.3) is 0 Å². The third-order valence-corrected chi connectivity index (χ3v) is 6.14.